The fourth-order valence-electron chi connectivity index (χ4n) is 3.48. The van der Waals surface area contributed by atoms with E-state index in [0.29, 0.717) is 11.5 Å². The molecule has 1 rings (SSSR count). The van der Waals surface area contributed by atoms with E-state index in [1.165, 1.54) is 74.5 Å². The third kappa shape index (κ3) is 6.97. The van der Waals surface area contributed by atoms with Gasteiger partial charge in [-0.2, -0.15) is 0 Å². The molecule has 0 radical (unpaired) electrons. The Kier molecular flexibility index (Phi) is 9.66. The van der Waals surface area contributed by atoms with Gasteiger partial charge in [0.1, 0.15) is 0 Å². The third-order valence-corrected chi connectivity index (χ3v) is 6.06. The lowest BCUT2D eigenvalue weighted by Crippen LogP contribution is -2.21. The number of rotatable bonds is 12. The van der Waals surface area contributed by atoms with Crippen LogP contribution in [-0.2, 0) is 5.41 Å². The molecule has 0 aromatic heterocycles. The summed E-state index contributed by atoms with van der Waals surface area (Å²) in [5.74, 6) is 0. The van der Waals surface area contributed by atoms with Gasteiger partial charge in [0.2, 0.25) is 0 Å². The van der Waals surface area contributed by atoms with Crippen LogP contribution < -0.4 is 5.73 Å². The summed E-state index contributed by atoms with van der Waals surface area (Å²) < 4.78 is 0. The van der Waals surface area contributed by atoms with Crippen molar-refractivity contribution in [2.75, 3.05) is 0 Å². The molecule has 0 aliphatic heterocycles. The van der Waals surface area contributed by atoms with Gasteiger partial charge < -0.3 is 5.73 Å². The SMILES string of the molecule is CCC(N)CCCCCCCCC(C)(CC)c1ccc(C)c(C)c1. The molecule has 0 amide bonds. The lowest BCUT2D eigenvalue weighted by molar-refractivity contribution is 0.393. The number of nitrogens with two attached hydrogens (primary N) is 1. The molecule has 138 valence electrons. The summed E-state index contributed by atoms with van der Waals surface area (Å²) in [6.07, 6.45) is 13.0. The van der Waals surface area contributed by atoms with Crippen molar-refractivity contribution < 1.29 is 0 Å². The van der Waals surface area contributed by atoms with Crippen molar-refractivity contribution >= 4 is 0 Å². The van der Waals surface area contributed by atoms with E-state index in [0.717, 1.165) is 6.42 Å². The molecule has 0 aliphatic carbocycles. The predicted octanol–water partition coefficient (Wildman–Crippen LogP) is 6.83. The van der Waals surface area contributed by atoms with Crippen LogP contribution in [0.1, 0.15) is 102 Å². The van der Waals surface area contributed by atoms with Crippen LogP contribution in [0.3, 0.4) is 0 Å². The van der Waals surface area contributed by atoms with Crippen molar-refractivity contribution in [2.24, 2.45) is 5.73 Å². The maximum absolute atomic E-state index is 5.97. The van der Waals surface area contributed by atoms with Gasteiger partial charge in [0.25, 0.3) is 0 Å². The summed E-state index contributed by atoms with van der Waals surface area (Å²) >= 11 is 0. The smallest absolute Gasteiger partial charge is 0.00362 e. The van der Waals surface area contributed by atoms with Crippen LogP contribution in [0.5, 0.6) is 0 Å². The standard InChI is InChI=1S/C23H41N/c1-6-22(24)14-12-10-8-9-11-13-17-23(5,7-2)21-16-15-19(3)20(4)18-21/h15-16,18,22H,6-14,17,24H2,1-5H3. The highest BCUT2D eigenvalue weighted by atomic mass is 14.6. The van der Waals surface area contributed by atoms with Gasteiger partial charge in [-0.3, -0.25) is 0 Å². The molecule has 24 heavy (non-hydrogen) atoms. The second-order valence-electron chi connectivity index (χ2n) is 8.04. The van der Waals surface area contributed by atoms with Crippen molar-refractivity contribution in [1.82, 2.24) is 0 Å². The summed E-state index contributed by atoms with van der Waals surface area (Å²) in [6, 6.07) is 7.48. The van der Waals surface area contributed by atoms with Crippen molar-refractivity contribution in [3.05, 3.63) is 34.9 Å². The van der Waals surface area contributed by atoms with Gasteiger partial charge in [0.05, 0.1) is 0 Å². The predicted molar refractivity (Wildman–Crippen MR) is 109 cm³/mol. The normalized spacial score (nSPS) is 15.2. The average Bonchev–Trinajstić information content (AvgIpc) is 2.59. The first-order valence-electron chi connectivity index (χ1n) is 10.3. The molecular formula is C23H41N. The van der Waals surface area contributed by atoms with E-state index < -0.39 is 0 Å². The van der Waals surface area contributed by atoms with E-state index in [9.17, 15) is 0 Å². The average molecular weight is 332 g/mol. The maximum atomic E-state index is 5.97. The van der Waals surface area contributed by atoms with Gasteiger partial charge in [0, 0.05) is 6.04 Å². The van der Waals surface area contributed by atoms with E-state index in [1.54, 1.807) is 0 Å². The molecule has 1 heteroatoms. The van der Waals surface area contributed by atoms with E-state index in [2.05, 4.69) is 52.8 Å². The van der Waals surface area contributed by atoms with Gasteiger partial charge in [-0.15, -0.1) is 0 Å². The molecule has 0 aliphatic rings. The summed E-state index contributed by atoms with van der Waals surface area (Å²) in [5, 5.41) is 0. The van der Waals surface area contributed by atoms with Gasteiger partial charge in [0.15, 0.2) is 0 Å². The summed E-state index contributed by atoms with van der Waals surface area (Å²) in [7, 11) is 0. The Morgan fingerprint density at radius 2 is 1.54 bits per heavy atom. The van der Waals surface area contributed by atoms with Crippen molar-refractivity contribution in [2.45, 2.75) is 110 Å². The molecule has 1 aromatic rings. The monoisotopic (exact) mass is 331 g/mol. The number of hydrogen-bond donors (Lipinski definition) is 1. The molecule has 0 spiro atoms. The molecular weight excluding hydrogens is 290 g/mol. The molecule has 1 aromatic carbocycles. The second-order valence-corrected chi connectivity index (χ2v) is 8.04. The highest BCUT2D eigenvalue weighted by Gasteiger charge is 2.24. The molecule has 0 heterocycles. The first-order chi connectivity index (χ1) is 11.4. The zero-order valence-electron chi connectivity index (χ0n) is 17.0. The van der Waals surface area contributed by atoms with Gasteiger partial charge in [-0.05, 0) is 61.6 Å². The summed E-state index contributed by atoms with van der Waals surface area (Å²) in [6.45, 7) is 11.4. The fourth-order valence-corrected chi connectivity index (χ4v) is 3.48. The first kappa shape index (κ1) is 21.2. The van der Waals surface area contributed by atoms with Crippen molar-refractivity contribution in [1.29, 1.82) is 0 Å². The number of benzene rings is 1. The largest absolute Gasteiger partial charge is 0.328 e. The van der Waals surface area contributed by atoms with Crippen LogP contribution in [-0.4, -0.2) is 6.04 Å². The van der Waals surface area contributed by atoms with Gasteiger partial charge in [-0.1, -0.05) is 77.5 Å². The first-order valence-corrected chi connectivity index (χ1v) is 10.3. The molecule has 2 atom stereocenters. The molecule has 0 fully saturated rings. The molecule has 0 bridgehead atoms. The third-order valence-electron chi connectivity index (χ3n) is 6.06. The number of aryl methyl sites for hydroxylation is 2. The summed E-state index contributed by atoms with van der Waals surface area (Å²) in [4.78, 5) is 0. The Hall–Kier alpha value is -0.820. The van der Waals surface area contributed by atoms with Crippen LogP contribution in [0.25, 0.3) is 0 Å². The highest BCUT2D eigenvalue weighted by molar-refractivity contribution is 5.34. The van der Waals surface area contributed by atoms with Crippen molar-refractivity contribution in [3.63, 3.8) is 0 Å². The Labute approximate surface area is 151 Å². The lowest BCUT2D eigenvalue weighted by atomic mass is 9.75. The van der Waals surface area contributed by atoms with Crippen LogP contribution in [0.15, 0.2) is 18.2 Å². The Balaban J connectivity index is 2.29. The number of hydrogen-bond acceptors (Lipinski definition) is 1. The van der Waals surface area contributed by atoms with E-state index in [-0.39, 0.29) is 0 Å². The topological polar surface area (TPSA) is 26.0 Å². The van der Waals surface area contributed by atoms with Gasteiger partial charge in [-0.25, -0.2) is 0 Å². The molecule has 2 N–H and O–H groups in total. The van der Waals surface area contributed by atoms with E-state index in [4.69, 9.17) is 5.73 Å². The number of unbranched alkanes of at least 4 members (excludes halogenated alkanes) is 5. The summed E-state index contributed by atoms with van der Waals surface area (Å²) in [5.41, 5.74) is 10.7. The van der Waals surface area contributed by atoms with Crippen LogP contribution >= 0.6 is 0 Å². The Morgan fingerprint density at radius 3 is 2.12 bits per heavy atom. The quantitative estimate of drug-likeness (QED) is 0.417. The van der Waals surface area contributed by atoms with E-state index in [1.807, 2.05) is 0 Å². The molecule has 2 unspecified atom stereocenters. The minimum absolute atomic E-state index is 0.340. The molecule has 0 saturated carbocycles. The zero-order chi connectivity index (χ0) is 18.0. The Bertz CT molecular complexity index is 465. The van der Waals surface area contributed by atoms with Gasteiger partial charge >= 0.3 is 0 Å². The lowest BCUT2D eigenvalue weighted by Gasteiger charge is -2.30. The van der Waals surface area contributed by atoms with Crippen LogP contribution in [0, 0.1) is 13.8 Å². The molecule has 1 nitrogen and oxygen atoms in total. The molecule has 0 saturated heterocycles. The van der Waals surface area contributed by atoms with Crippen molar-refractivity contribution in [3.8, 4) is 0 Å². The maximum Gasteiger partial charge on any atom is 0.00362 e. The Morgan fingerprint density at radius 1 is 0.917 bits per heavy atom. The minimum atomic E-state index is 0.340. The minimum Gasteiger partial charge on any atom is -0.328 e. The van der Waals surface area contributed by atoms with E-state index >= 15 is 0 Å². The van der Waals surface area contributed by atoms with Crippen LogP contribution in [0.2, 0.25) is 0 Å². The fraction of sp³-hybridized carbons (Fsp3) is 0.739. The second kappa shape index (κ2) is 10.9. The van der Waals surface area contributed by atoms with Crippen LogP contribution in [0.4, 0.5) is 0 Å². The zero-order valence-corrected chi connectivity index (χ0v) is 17.0. The highest BCUT2D eigenvalue weighted by Crippen LogP contribution is 2.34.